The van der Waals surface area contributed by atoms with Gasteiger partial charge in [0.25, 0.3) is 0 Å². The van der Waals surface area contributed by atoms with E-state index in [0.29, 0.717) is 0 Å². The zero-order valence-electron chi connectivity index (χ0n) is 14.2. The molecule has 0 heterocycles. The van der Waals surface area contributed by atoms with Gasteiger partial charge in [0.2, 0.25) is 0 Å². The lowest BCUT2D eigenvalue weighted by Crippen LogP contribution is -2.00. The minimum atomic E-state index is -0.778. The molecule has 4 heteroatoms. The number of aryl methyl sites for hydroxylation is 2. The van der Waals surface area contributed by atoms with Crippen molar-refractivity contribution in [1.82, 2.24) is 0 Å². The van der Waals surface area contributed by atoms with E-state index in [4.69, 9.17) is 10.2 Å². The Morgan fingerprint density at radius 2 is 1.17 bits per heavy atom. The van der Waals surface area contributed by atoms with Crippen molar-refractivity contribution >= 4 is 11.9 Å². The Balaban J connectivity index is 0.000000240. The Morgan fingerprint density at radius 1 is 0.708 bits per heavy atom. The first-order valence-electron chi connectivity index (χ1n) is 8.03. The zero-order chi connectivity index (χ0) is 17.9. The minimum Gasteiger partial charge on any atom is -0.481 e. The smallest absolute Gasteiger partial charge is 0.307 e. The van der Waals surface area contributed by atoms with E-state index in [9.17, 15) is 9.59 Å². The maximum atomic E-state index is 10.4. The van der Waals surface area contributed by atoms with E-state index in [1.807, 2.05) is 48.5 Å². The second kappa shape index (κ2) is 10.2. The van der Waals surface area contributed by atoms with Gasteiger partial charge in [-0.1, -0.05) is 62.4 Å². The Kier molecular flexibility index (Phi) is 8.26. The number of rotatable bonds is 6. The largest absolute Gasteiger partial charge is 0.481 e. The van der Waals surface area contributed by atoms with Crippen LogP contribution < -0.4 is 0 Å². The molecule has 0 aliphatic heterocycles. The third kappa shape index (κ3) is 7.58. The number of aliphatic carboxylic acids is 2. The van der Waals surface area contributed by atoms with E-state index in [1.165, 1.54) is 11.1 Å². The molecule has 2 aromatic rings. The summed E-state index contributed by atoms with van der Waals surface area (Å²) in [7, 11) is 0. The predicted octanol–water partition coefficient (Wildman–Crippen LogP) is 3.75. The van der Waals surface area contributed by atoms with Crippen LogP contribution in [0.4, 0.5) is 0 Å². The number of carboxylic acid groups (broad SMARTS) is 2. The molecule has 0 saturated carbocycles. The molecule has 0 aliphatic rings. The molecular formula is C20H24O4. The van der Waals surface area contributed by atoms with E-state index in [-0.39, 0.29) is 12.8 Å². The topological polar surface area (TPSA) is 74.6 Å². The third-order valence-electron chi connectivity index (χ3n) is 3.54. The van der Waals surface area contributed by atoms with Crippen LogP contribution in [0.1, 0.15) is 36.1 Å². The molecule has 0 fully saturated rings. The number of hydrogen-bond donors (Lipinski definition) is 2. The fraction of sp³-hybridized carbons (Fsp3) is 0.300. The first kappa shape index (κ1) is 19.4. The first-order chi connectivity index (χ1) is 11.4. The third-order valence-corrected chi connectivity index (χ3v) is 3.54. The molecule has 0 spiro atoms. The van der Waals surface area contributed by atoms with Crippen LogP contribution in [0.5, 0.6) is 0 Å². The normalized spacial score (nSPS) is 9.75. The number of carboxylic acids is 2. The van der Waals surface area contributed by atoms with Crippen molar-refractivity contribution < 1.29 is 19.8 Å². The second-order valence-corrected chi connectivity index (χ2v) is 5.48. The van der Waals surface area contributed by atoms with Crippen molar-refractivity contribution in [3.05, 3.63) is 70.8 Å². The standard InChI is InChI=1S/2C10H12O2/c1-2-8-3-5-9(6-4-8)7-10(11)12;1-2-8-4-3-5-9(6-8)7-10(11)12/h2*3-6H,2,7H2,1H3,(H,11,12). The van der Waals surface area contributed by atoms with Gasteiger partial charge >= 0.3 is 11.9 Å². The second-order valence-electron chi connectivity index (χ2n) is 5.48. The highest BCUT2D eigenvalue weighted by Gasteiger charge is 2.00. The van der Waals surface area contributed by atoms with Gasteiger partial charge in [-0.05, 0) is 35.1 Å². The summed E-state index contributed by atoms with van der Waals surface area (Å²) in [5, 5.41) is 17.0. The Morgan fingerprint density at radius 3 is 1.67 bits per heavy atom. The number of hydrogen-bond acceptors (Lipinski definition) is 2. The van der Waals surface area contributed by atoms with Crippen molar-refractivity contribution in [2.24, 2.45) is 0 Å². The summed E-state index contributed by atoms with van der Waals surface area (Å²) in [6.45, 7) is 4.13. The van der Waals surface area contributed by atoms with Crippen LogP contribution in [0.15, 0.2) is 48.5 Å². The average molecular weight is 328 g/mol. The lowest BCUT2D eigenvalue weighted by atomic mass is 10.1. The highest BCUT2D eigenvalue weighted by Crippen LogP contribution is 2.06. The monoisotopic (exact) mass is 328 g/mol. The number of benzene rings is 2. The van der Waals surface area contributed by atoms with Crippen LogP contribution in [-0.2, 0) is 35.3 Å². The van der Waals surface area contributed by atoms with Crippen LogP contribution in [0, 0.1) is 0 Å². The average Bonchev–Trinajstić information content (AvgIpc) is 2.55. The maximum Gasteiger partial charge on any atom is 0.307 e. The summed E-state index contributed by atoms with van der Waals surface area (Å²) >= 11 is 0. The molecular weight excluding hydrogens is 304 g/mol. The van der Waals surface area contributed by atoms with Gasteiger partial charge in [0.15, 0.2) is 0 Å². The molecule has 0 atom stereocenters. The molecule has 0 amide bonds. The first-order valence-corrected chi connectivity index (χ1v) is 8.03. The Hall–Kier alpha value is -2.62. The van der Waals surface area contributed by atoms with Gasteiger partial charge in [-0.15, -0.1) is 0 Å². The lowest BCUT2D eigenvalue weighted by Gasteiger charge is -1.99. The van der Waals surface area contributed by atoms with Gasteiger partial charge in [-0.25, -0.2) is 0 Å². The van der Waals surface area contributed by atoms with E-state index in [1.54, 1.807) is 0 Å². The molecule has 0 saturated heterocycles. The molecule has 0 aromatic heterocycles. The molecule has 2 rings (SSSR count). The molecule has 0 bridgehead atoms. The maximum absolute atomic E-state index is 10.4. The SMILES string of the molecule is CCc1ccc(CC(=O)O)cc1.CCc1cccc(CC(=O)O)c1. The summed E-state index contributed by atoms with van der Waals surface area (Å²) in [6.07, 6.45) is 2.18. The van der Waals surface area contributed by atoms with Crippen molar-refractivity contribution in [1.29, 1.82) is 0 Å². The molecule has 0 radical (unpaired) electrons. The van der Waals surface area contributed by atoms with Crippen LogP contribution >= 0.6 is 0 Å². The molecule has 128 valence electrons. The van der Waals surface area contributed by atoms with Crippen LogP contribution in [0.2, 0.25) is 0 Å². The zero-order valence-corrected chi connectivity index (χ0v) is 14.2. The van der Waals surface area contributed by atoms with Gasteiger partial charge in [-0.2, -0.15) is 0 Å². The fourth-order valence-corrected chi connectivity index (χ4v) is 2.20. The summed E-state index contributed by atoms with van der Waals surface area (Å²) in [5.74, 6) is -1.55. The van der Waals surface area contributed by atoms with Crippen molar-refractivity contribution in [2.45, 2.75) is 39.5 Å². The van der Waals surface area contributed by atoms with Crippen LogP contribution in [0.25, 0.3) is 0 Å². The Labute approximate surface area is 142 Å². The van der Waals surface area contributed by atoms with Crippen molar-refractivity contribution in [3.8, 4) is 0 Å². The Bertz CT molecular complexity index is 660. The summed E-state index contributed by atoms with van der Waals surface area (Å²) in [4.78, 5) is 20.7. The molecule has 24 heavy (non-hydrogen) atoms. The van der Waals surface area contributed by atoms with Crippen molar-refractivity contribution in [3.63, 3.8) is 0 Å². The van der Waals surface area contributed by atoms with Crippen LogP contribution in [-0.4, -0.2) is 22.2 Å². The van der Waals surface area contributed by atoms with E-state index in [2.05, 4.69) is 13.8 Å². The van der Waals surface area contributed by atoms with E-state index in [0.717, 1.165) is 24.0 Å². The van der Waals surface area contributed by atoms with Gasteiger partial charge in [0.05, 0.1) is 12.8 Å². The lowest BCUT2D eigenvalue weighted by molar-refractivity contribution is -0.137. The number of carbonyl (C=O) groups is 2. The molecule has 0 aliphatic carbocycles. The van der Waals surface area contributed by atoms with Gasteiger partial charge in [0.1, 0.15) is 0 Å². The molecule has 0 unspecified atom stereocenters. The van der Waals surface area contributed by atoms with E-state index < -0.39 is 11.9 Å². The predicted molar refractivity (Wildman–Crippen MR) is 94.3 cm³/mol. The quantitative estimate of drug-likeness (QED) is 0.847. The molecule has 4 nitrogen and oxygen atoms in total. The van der Waals surface area contributed by atoms with Gasteiger partial charge < -0.3 is 10.2 Å². The summed E-state index contributed by atoms with van der Waals surface area (Å²) in [6, 6.07) is 15.4. The highest BCUT2D eigenvalue weighted by atomic mass is 16.4. The van der Waals surface area contributed by atoms with Gasteiger partial charge in [-0.3, -0.25) is 9.59 Å². The van der Waals surface area contributed by atoms with Crippen LogP contribution in [0.3, 0.4) is 0 Å². The highest BCUT2D eigenvalue weighted by molar-refractivity contribution is 5.70. The molecule has 2 aromatic carbocycles. The summed E-state index contributed by atoms with van der Waals surface area (Å²) < 4.78 is 0. The van der Waals surface area contributed by atoms with Gasteiger partial charge in [0, 0.05) is 0 Å². The summed E-state index contributed by atoms with van der Waals surface area (Å²) in [5.41, 5.74) is 4.17. The minimum absolute atomic E-state index is 0.115. The fourth-order valence-electron chi connectivity index (χ4n) is 2.20. The van der Waals surface area contributed by atoms with Crippen molar-refractivity contribution in [2.75, 3.05) is 0 Å². The molecule has 2 N–H and O–H groups in total. The van der Waals surface area contributed by atoms with E-state index >= 15 is 0 Å².